The molecule has 26 heavy (non-hydrogen) atoms. The number of aromatic nitrogens is 1. The van der Waals surface area contributed by atoms with Crippen molar-refractivity contribution < 1.29 is 14.3 Å². The average Bonchev–Trinajstić information content (AvgIpc) is 3.12. The van der Waals surface area contributed by atoms with Crippen LogP contribution in [0.4, 0.5) is 5.69 Å². The third-order valence-electron chi connectivity index (χ3n) is 4.19. The summed E-state index contributed by atoms with van der Waals surface area (Å²) in [5, 5.41) is 2.97. The van der Waals surface area contributed by atoms with Crippen molar-refractivity contribution in [2.75, 3.05) is 32.6 Å². The van der Waals surface area contributed by atoms with E-state index in [0.717, 1.165) is 15.8 Å². The van der Waals surface area contributed by atoms with Crippen LogP contribution in [-0.2, 0) is 6.54 Å². The van der Waals surface area contributed by atoms with E-state index in [1.165, 1.54) is 4.88 Å². The molecule has 0 fully saturated rings. The smallest absolute Gasteiger partial charge is 0.272 e. The summed E-state index contributed by atoms with van der Waals surface area (Å²) < 4.78 is 12.3. The summed E-state index contributed by atoms with van der Waals surface area (Å²) in [6, 6.07) is 7.53. The summed E-state index contributed by atoms with van der Waals surface area (Å²) in [7, 11) is 4.00. The van der Waals surface area contributed by atoms with Crippen molar-refractivity contribution in [3.05, 3.63) is 40.4 Å². The summed E-state index contributed by atoms with van der Waals surface area (Å²) >= 11 is 1.71. The Bertz CT molecular complexity index is 974. The lowest BCUT2D eigenvalue weighted by molar-refractivity contribution is 0.102. The largest absolute Gasteiger partial charge is 0.486 e. The van der Waals surface area contributed by atoms with Gasteiger partial charge >= 0.3 is 0 Å². The molecule has 0 saturated heterocycles. The molecule has 0 saturated carbocycles. The minimum Gasteiger partial charge on any atom is -0.486 e. The Kier molecular flexibility index (Phi) is 4.34. The number of nitrogens with zero attached hydrogens (tertiary/aromatic N) is 1. The maximum Gasteiger partial charge on any atom is 0.272 e. The molecule has 0 radical (unpaired) electrons. The average molecular weight is 371 g/mol. The van der Waals surface area contributed by atoms with Crippen molar-refractivity contribution in [3.63, 3.8) is 0 Å². The van der Waals surface area contributed by atoms with Crippen LogP contribution < -0.4 is 14.8 Å². The van der Waals surface area contributed by atoms with Crippen molar-refractivity contribution in [2.24, 2.45) is 0 Å². The highest BCUT2D eigenvalue weighted by atomic mass is 32.1. The minimum absolute atomic E-state index is 0.153. The number of hydrogen-bond donors (Lipinski definition) is 2. The van der Waals surface area contributed by atoms with Crippen LogP contribution in [0.5, 0.6) is 11.5 Å². The van der Waals surface area contributed by atoms with Gasteiger partial charge in [-0.15, -0.1) is 11.3 Å². The van der Waals surface area contributed by atoms with Crippen LogP contribution in [0.15, 0.2) is 24.3 Å². The van der Waals surface area contributed by atoms with E-state index in [1.807, 2.05) is 26.2 Å². The summed E-state index contributed by atoms with van der Waals surface area (Å²) in [5.74, 6) is 1.21. The number of H-pyrrole nitrogens is 1. The lowest BCUT2D eigenvalue weighted by Gasteiger charge is -2.19. The molecule has 3 heterocycles. The molecular formula is C19H21N3O3S. The van der Waals surface area contributed by atoms with Gasteiger partial charge in [-0.1, -0.05) is 0 Å². The molecule has 2 N–H and O–H groups in total. The van der Waals surface area contributed by atoms with Gasteiger partial charge in [0.15, 0.2) is 11.5 Å². The van der Waals surface area contributed by atoms with Crippen LogP contribution in [0.1, 0.15) is 20.9 Å². The van der Waals surface area contributed by atoms with E-state index in [-0.39, 0.29) is 5.91 Å². The van der Waals surface area contributed by atoms with Gasteiger partial charge in [0.2, 0.25) is 0 Å². The molecular weight excluding hydrogens is 350 g/mol. The molecule has 0 bridgehead atoms. The first kappa shape index (κ1) is 16.9. The molecule has 136 valence electrons. The highest BCUT2D eigenvalue weighted by Crippen LogP contribution is 2.34. The van der Waals surface area contributed by atoms with Crippen molar-refractivity contribution in [1.29, 1.82) is 0 Å². The van der Waals surface area contributed by atoms with Gasteiger partial charge in [-0.3, -0.25) is 4.79 Å². The molecule has 1 aliphatic heterocycles. The van der Waals surface area contributed by atoms with E-state index in [9.17, 15) is 4.79 Å². The third kappa shape index (κ3) is 3.15. The lowest BCUT2D eigenvalue weighted by atomic mass is 10.2. The maximum absolute atomic E-state index is 12.9. The zero-order valence-corrected chi connectivity index (χ0v) is 15.8. The normalized spacial score (nSPS) is 13.4. The number of carbonyl (C=O) groups excluding carboxylic acids is 1. The molecule has 0 aliphatic carbocycles. The van der Waals surface area contributed by atoms with Gasteiger partial charge in [0.1, 0.15) is 18.9 Å². The number of thiophene rings is 1. The van der Waals surface area contributed by atoms with E-state index in [0.29, 0.717) is 42.6 Å². The highest BCUT2D eigenvalue weighted by Gasteiger charge is 2.21. The van der Waals surface area contributed by atoms with E-state index >= 15 is 0 Å². The molecule has 3 aromatic rings. The summed E-state index contributed by atoms with van der Waals surface area (Å²) in [6.07, 6.45) is 0. The molecule has 0 spiro atoms. The van der Waals surface area contributed by atoms with E-state index in [1.54, 1.807) is 17.4 Å². The number of benzene rings is 1. The Morgan fingerprint density at radius 3 is 2.77 bits per heavy atom. The van der Waals surface area contributed by atoms with Crippen LogP contribution in [0, 0.1) is 6.92 Å². The fourth-order valence-electron chi connectivity index (χ4n) is 3.13. The van der Waals surface area contributed by atoms with Gasteiger partial charge in [0.05, 0.1) is 10.2 Å². The second-order valence-electron chi connectivity index (χ2n) is 6.63. The van der Waals surface area contributed by atoms with Crippen molar-refractivity contribution in [3.8, 4) is 11.5 Å². The van der Waals surface area contributed by atoms with Crippen molar-refractivity contribution in [2.45, 2.75) is 13.5 Å². The van der Waals surface area contributed by atoms with Crippen molar-refractivity contribution >= 4 is 33.1 Å². The van der Waals surface area contributed by atoms with Crippen LogP contribution in [0.3, 0.4) is 0 Å². The Hall–Kier alpha value is -2.51. The van der Waals surface area contributed by atoms with E-state index in [2.05, 4.69) is 28.2 Å². The molecule has 4 rings (SSSR count). The number of nitrogens with one attached hydrogen (secondary N) is 2. The van der Waals surface area contributed by atoms with Crippen LogP contribution >= 0.6 is 11.3 Å². The van der Waals surface area contributed by atoms with E-state index < -0.39 is 0 Å². The summed E-state index contributed by atoms with van der Waals surface area (Å²) in [5.41, 5.74) is 3.33. The second kappa shape index (κ2) is 6.66. The fraction of sp³-hybridized carbons (Fsp3) is 0.316. The lowest BCUT2D eigenvalue weighted by Crippen LogP contribution is -2.19. The Labute approximate surface area is 155 Å². The number of hydrogen-bond acceptors (Lipinski definition) is 5. The monoisotopic (exact) mass is 371 g/mol. The molecule has 7 heteroatoms. The van der Waals surface area contributed by atoms with Crippen LogP contribution in [-0.4, -0.2) is 43.1 Å². The van der Waals surface area contributed by atoms with Gasteiger partial charge in [-0.2, -0.15) is 0 Å². The second-order valence-corrected chi connectivity index (χ2v) is 7.89. The number of carbonyl (C=O) groups is 1. The first-order valence-electron chi connectivity index (χ1n) is 8.48. The maximum atomic E-state index is 12.9. The predicted octanol–water partition coefficient (Wildman–Crippen LogP) is 3.62. The SMILES string of the molecule is Cc1cc2[nH]c(C(=O)Nc3ccc4c(c3)OCCO4)c(CN(C)C)c2s1. The minimum atomic E-state index is -0.153. The molecule has 6 nitrogen and oxygen atoms in total. The Balaban J connectivity index is 1.64. The van der Waals surface area contributed by atoms with Gasteiger partial charge in [-0.25, -0.2) is 0 Å². The molecule has 1 amide bonds. The zero-order valence-electron chi connectivity index (χ0n) is 15.0. The first-order chi connectivity index (χ1) is 12.5. The molecule has 1 aliphatic rings. The number of fused-ring (bicyclic) bond motifs is 2. The van der Waals surface area contributed by atoms with Gasteiger partial charge in [-0.05, 0) is 39.2 Å². The molecule has 1 aromatic carbocycles. The number of rotatable bonds is 4. The number of aromatic amines is 1. The zero-order chi connectivity index (χ0) is 18.3. The quantitative estimate of drug-likeness (QED) is 0.735. The molecule has 0 atom stereocenters. The highest BCUT2D eigenvalue weighted by molar-refractivity contribution is 7.19. The number of ether oxygens (including phenoxy) is 2. The standard InChI is InChI=1S/C19H21N3O3S/c1-11-8-14-18(26-11)13(10-22(2)3)17(21-14)19(23)20-12-4-5-15-16(9-12)25-7-6-24-15/h4-5,8-9,21H,6-7,10H2,1-3H3,(H,20,23). The number of amides is 1. The predicted molar refractivity (Wildman–Crippen MR) is 104 cm³/mol. The molecule has 0 unspecified atom stereocenters. The topological polar surface area (TPSA) is 66.6 Å². The van der Waals surface area contributed by atoms with Crippen LogP contribution in [0.2, 0.25) is 0 Å². The Morgan fingerprint density at radius 2 is 2.00 bits per heavy atom. The van der Waals surface area contributed by atoms with Gasteiger partial charge in [0.25, 0.3) is 5.91 Å². The third-order valence-corrected chi connectivity index (χ3v) is 5.30. The van der Waals surface area contributed by atoms with Crippen LogP contribution in [0.25, 0.3) is 10.2 Å². The molecule has 2 aromatic heterocycles. The summed E-state index contributed by atoms with van der Waals surface area (Å²) in [4.78, 5) is 19.5. The number of aryl methyl sites for hydroxylation is 1. The first-order valence-corrected chi connectivity index (χ1v) is 9.29. The fourth-order valence-corrected chi connectivity index (χ4v) is 4.14. The van der Waals surface area contributed by atoms with Gasteiger partial charge in [0, 0.05) is 28.7 Å². The van der Waals surface area contributed by atoms with Gasteiger partial charge < -0.3 is 24.7 Å². The number of anilines is 1. The van der Waals surface area contributed by atoms with Crippen molar-refractivity contribution in [1.82, 2.24) is 9.88 Å². The Morgan fingerprint density at radius 1 is 1.23 bits per heavy atom. The summed E-state index contributed by atoms with van der Waals surface area (Å²) in [6.45, 7) is 3.84. The van der Waals surface area contributed by atoms with E-state index in [4.69, 9.17) is 9.47 Å².